The van der Waals surface area contributed by atoms with Crippen molar-refractivity contribution in [3.8, 4) is 6.07 Å². The Kier molecular flexibility index (Phi) is 5.42. The van der Waals surface area contributed by atoms with E-state index in [-0.39, 0.29) is 12.7 Å². The van der Waals surface area contributed by atoms with E-state index in [0.29, 0.717) is 36.8 Å². The van der Waals surface area contributed by atoms with Crippen molar-refractivity contribution in [3.05, 3.63) is 64.7 Å². The van der Waals surface area contributed by atoms with Gasteiger partial charge in [-0.05, 0) is 23.8 Å². The molecule has 0 atom stereocenters. The number of carbonyl (C=O) groups excluding carboxylic acids is 1. The Morgan fingerprint density at radius 1 is 1.12 bits per heavy atom. The zero-order chi connectivity index (χ0) is 17.6. The zero-order valence-corrected chi connectivity index (χ0v) is 14.4. The molecule has 0 bridgehead atoms. The third kappa shape index (κ3) is 4.23. The van der Waals surface area contributed by atoms with Crippen molar-refractivity contribution in [2.45, 2.75) is 6.61 Å². The van der Waals surface area contributed by atoms with Crippen LogP contribution in [-0.2, 0) is 11.3 Å². The minimum absolute atomic E-state index is 0.271. The molecule has 2 aromatic rings. The largest absolute Gasteiger partial charge is 0.445 e. The smallest absolute Gasteiger partial charge is 0.410 e. The lowest BCUT2D eigenvalue weighted by Gasteiger charge is -2.35. The number of hydrogen-bond acceptors (Lipinski definition) is 4. The van der Waals surface area contributed by atoms with Crippen LogP contribution in [0.15, 0.2) is 48.5 Å². The van der Waals surface area contributed by atoms with E-state index in [4.69, 9.17) is 16.3 Å². The molecule has 1 saturated heterocycles. The number of anilines is 1. The first-order chi connectivity index (χ1) is 12.2. The quantitative estimate of drug-likeness (QED) is 0.843. The van der Waals surface area contributed by atoms with E-state index < -0.39 is 0 Å². The molecule has 1 heterocycles. The second-order valence-electron chi connectivity index (χ2n) is 5.79. The molecule has 1 aliphatic heterocycles. The molecule has 0 aromatic heterocycles. The SMILES string of the molecule is N#Cc1ccc(Cl)cc1N1CCN(C(=O)OCc2ccccc2)CC1. The molecule has 5 nitrogen and oxygen atoms in total. The second kappa shape index (κ2) is 7.91. The van der Waals surface area contributed by atoms with Crippen molar-refractivity contribution in [1.29, 1.82) is 5.26 Å². The number of nitriles is 1. The standard InChI is InChI=1S/C19H18ClN3O2/c20-17-7-6-16(13-21)18(12-17)22-8-10-23(11-9-22)19(24)25-14-15-4-2-1-3-5-15/h1-7,12H,8-11,14H2. The molecule has 0 N–H and O–H groups in total. The maximum Gasteiger partial charge on any atom is 0.410 e. The predicted molar refractivity (Wildman–Crippen MR) is 96.6 cm³/mol. The maximum atomic E-state index is 12.2. The van der Waals surface area contributed by atoms with Crippen LogP contribution in [0.1, 0.15) is 11.1 Å². The summed E-state index contributed by atoms with van der Waals surface area (Å²) in [5, 5.41) is 9.85. The van der Waals surface area contributed by atoms with Crippen LogP contribution in [0.2, 0.25) is 5.02 Å². The highest BCUT2D eigenvalue weighted by Gasteiger charge is 2.23. The fraction of sp³-hybridized carbons (Fsp3) is 0.263. The summed E-state index contributed by atoms with van der Waals surface area (Å²) in [4.78, 5) is 16.0. The predicted octanol–water partition coefficient (Wildman–Crippen LogP) is 3.67. The van der Waals surface area contributed by atoms with Crippen LogP contribution in [0.4, 0.5) is 10.5 Å². The van der Waals surface area contributed by atoms with Gasteiger partial charge in [0.2, 0.25) is 0 Å². The zero-order valence-electron chi connectivity index (χ0n) is 13.7. The average Bonchev–Trinajstić information content (AvgIpc) is 2.67. The number of carbonyl (C=O) groups is 1. The third-order valence-corrected chi connectivity index (χ3v) is 4.40. The van der Waals surface area contributed by atoms with Gasteiger partial charge < -0.3 is 14.5 Å². The van der Waals surface area contributed by atoms with Gasteiger partial charge in [-0.25, -0.2) is 4.79 Å². The first-order valence-corrected chi connectivity index (χ1v) is 8.45. The van der Waals surface area contributed by atoms with Gasteiger partial charge in [-0.3, -0.25) is 0 Å². The molecule has 1 amide bonds. The van der Waals surface area contributed by atoms with E-state index in [9.17, 15) is 10.1 Å². The molecule has 0 spiro atoms. The Morgan fingerprint density at radius 2 is 1.84 bits per heavy atom. The Balaban J connectivity index is 1.56. The monoisotopic (exact) mass is 355 g/mol. The van der Waals surface area contributed by atoms with Crippen LogP contribution in [0, 0.1) is 11.3 Å². The molecule has 0 unspecified atom stereocenters. The molecule has 0 saturated carbocycles. The molecular weight excluding hydrogens is 338 g/mol. The molecule has 2 aromatic carbocycles. The minimum Gasteiger partial charge on any atom is -0.445 e. The van der Waals surface area contributed by atoms with Crippen LogP contribution < -0.4 is 4.90 Å². The fourth-order valence-electron chi connectivity index (χ4n) is 2.80. The highest BCUT2D eigenvalue weighted by Crippen LogP contribution is 2.25. The van der Waals surface area contributed by atoms with Gasteiger partial charge in [0.15, 0.2) is 0 Å². The summed E-state index contributed by atoms with van der Waals surface area (Å²) in [5.41, 5.74) is 2.36. The number of benzene rings is 2. The van der Waals surface area contributed by atoms with Crippen LogP contribution >= 0.6 is 11.6 Å². The van der Waals surface area contributed by atoms with E-state index in [1.54, 1.807) is 23.1 Å². The maximum absolute atomic E-state index is 12.2. The molecule has 0 aliphatic carbocycles. The summed E-state index contributed by atoms with van der Waals surface area (Å²) >= 11 is 6.05. The number of rotatable bonds is 3. The summed E-state index contributed by atoms with van der Waals surface area (Å²) < 4.78 is 5.37. The van der Waals surface area contributed by atoms with Gasteiger partial charge in [0.25, 0.3) is 0 Å². The average molecular weight is 356 g/mol. The van der Waals surface area contributed by atoms with E-state index in [2.05, 4.69) is 11.0 Å². The second-order valence-corrected chi connectivity index (χ2v) is 6.22. The lowest BCUT2D eigenvalue weighted by Crippen LogP contribution is -2.49. The van der Waals surface area contributed by atoms with E-state index in [1.807, 2.05) is 30.3 Å². The van der Waals surface area contributed by atoms with Gasteiger partial charge in [-0.15, -0.1) is 0 Å². The van der Waals surface area contributed by atoms with Crippen molar-refractivity contribution in [1.82, 2.24) is 4.90 Å². The van der Waals surface area contributed by atoms with E-state index in [1.165, 1.54) is 0 Å². The molecule has 0 radical (unpaired) electrons. The van der Waals surface area contributed by atoms with E-state index in [0.717, 1.165) is 11.3 Å². The number of halogens is 1. The number of hydrogen-bond donors (Lipinski definition) is 0. The number of ether oxygens (including phenoxy) is 1. The van der Waals surface area contributed by atoms with Gasteiger partial charge in [0, 0.05) is 31.2 Å². The molecular formula is C19H18ClN3O2. The number of nitrogens with zero attached hydrogens (tertiary/aromatic N) is 3. The summed E-state index contributed by atoms with van der Waals surface area (Å²) in [6, 6.07) is 17.0. The molecule has 6 heteroatoms. The number of amides is 1. The van der Waals surface area contributed by atoms with Gasteiger partial charge in [0.05, 0.1) is 11.3 Å². The first-order valence-electron chi connectivity index (χ1n) is 8.07. The molecule has 3 rings (SSSR count). The number of piperazine rings is 1. The Morgan fingerprint density at radius 3 is 2.52 bits per heavy atom. The van der Waals surface area contributed by atoms with Gasteiger partial charge in [-0.1, -0.05) is 41.9 Å². The molecule has 25 heavy (non-hydrogen) atoms. The van der Waals surface area contributed by atoms with Crippen molar-refractivity contribution >= 4 is 23.4 Å². The molecule has 1 fully saturated rings. The minimum atomic E-state index is -0.310. The summed E-state index contributed by atoms with van der Waals surface area (Å²) in [5.74, 6) is 0. The molecule has 128 valence electrons. The highest BCUT2D eigenvalue weighted by molar-refractivity contribution is 6.30. The van der Waals surface area contributed by atoms with Crippen LogP contribution in [-0.4, -0.2) is 37.2 Å². The lowest BCUT2D eigenvalue weighted by atomic mass is 10.1. The highest BCUT2D eigenvalue weighted by atomic mass is 35.5. The van der Waals surface area contributed by atoms with Gasteiger partial charge in [-0.2, -0.15) is 5.26 Å². The third-order valence-electron chi connectivity index (χ3n) is 4.16. The van der Waals surface area contributed by atoms with Crippen molar-refractivity contribution in [2.24, 2.45) is 0 Å². The topological polar surface area (TPSA) is 56.6 Å². The Hall–Kier alpha value is -2.71. The summed E-state index contributed by atoms with van der Waals surface area (Å²) in [7, 11) is 0. The van der Waals surface area contributed by atoms with Crippen molar-refractivity contribution in [2.75, 3.05) is 31.1 Å². The van der Waals surface area contributed by atoms with Gasteiger partial charge >= 0.3 is 6.09 Å². The first kappa shape index (κ1) is 17.1. The summed E-state index contributed by atoms with van der Waals surface area (Å²) in [6.07, 6.45) is -0.310. The van der Waals surface area contributed by atoms with Crippen LogP contribution in [0.25, 0.3) is 0 Å². The van der Waals surface area contributed by atoms with Crippen LogP contribution in [0.5, 0.6) is 0 Å². The fourth-order valence-corrected chi connectivity index (χ4v) is 2.97. The Bertz CT molecular complexity index is 781. The van der Waals surface area contributed by atoms with Gasteiger partial charge in [0.1, 0.15) is 12.7 Å². The van der Waals surface area contributed by atoms with E-state index >= 15 is 0 Å². The molecule has 1 aliphatic rings. The summed E-state index contributed by atoms with van der Waals surface area (Å²) in [6.45, 7) is 2.63. The van der Waals surface area contributed by atoms with Crippen molar-refractivity contribution < 1.29 is 9.53 Å². The normalized spacial score (nSPS) is 14.1. The Labute approximate surface area is 152 Å². The lowest BCUT2D eigenvalue weighted by molar-refractivity contribution is 0.0942. The van der Waals surface area contributed by atoms with Crippen LogP contribution in [0.3, 0.4) is 0 Å². The van der Waals surface area contributed by atoms with Crippen molar-refractivity contribution in [3.63, 3.8) is 0 Å².